The van der Waals surface area contributed by atoms with E-state index in [0.29, 0.717) is 19.1 Å². The van der Waals surface area contributed by atoms with E-state index in [-0.39, 0.29) is 0 Å². The summed E-state index contributed by atoms with van der Waals surface area (Å²) in [5, 5.41) is 0. The third-order valence-electron chi connectivity index (χ3n) is 4.04. The molecule has 23 heavy (non-hydrogen) atoms. The lowest BCUT2D eigenvalue weighted by atomic mass is 10.2. The van der Waals surface area contributed by atoms with Crippen molar-refractivity contribution in [3.8, 4) is 11.5 Å². The van der Waals surface area contributed by atoms with Crippen LogP contribution in [0.1, 0.15) is 44.6 Å². The van der Waals surface area contributed by atoms with Gasteiger partial charge in [-0.3, -0.25) is 0 Å². The SMILES string of the molecule is CCCOc1ccc(CN=C(N)N2CCCCCC2)cc1OC. The number of nitrogens with zero attached hydrogens (tertiary/aromatic N) is 2. The van der Waals surface area contributed by atoms with Gasteiger partial charge in [-0.1, -0.05) is 25.8 Å². The molecule has 0 aliphatic carbocycles. The first kappa shape index (κ1) is 17.4. The predicted molar refractivity (Wildman–Crippen MR) is 94.1 cm³/mol. The summed E-state index contributed by atoms with van der Waals surface area (Å²) in [6, 6.07) is 5.94. The molecule has 128 valence electrons. The Morgan fingerprint density at radius 2 is 1.91 bits per heavy atom. The summed E-state index contributed by atoms with van der Waals surface area (Å²) < 4.78 is 11.1. The maximum Gasteiger partial charge on any atom is 0.191 e. The second-order valence-electron chi connectivity index (χ2n) is 5.91. The van der Waals surface area contributed by atoms with Gasteiger partial charge >= 0.3 is 0 Å². The Balaban J connectivity index is 1.99. The molecule has 0 unspecified atom stereocenters. The van der Waals surface area contributed by atoms with Gasteiger partial charge < -0.3 is 20.1 Å². The number of methoxy groups -OCH3 is 1. The van der Waals surface area contributed by atoms with Crippen LogP contribution in [0.3, 0.4) is 0 Å². The van der Waals surface area contributed by atoms with Crippen molar-refractivity contribution in [1.82, 2.24) is 4.90 Å². The number of ether oxygens (including phenoxy) is 2. The molecular weight excluding hydrogens is 290 g/mol. The zero-order chi connectivity index (χ0) is 16.5. The number of guanidine groups is 1. The highest BCUT2D eigenvalue weighted by Gasteiger charge is 2.11. The highest BCUT2D eigenvalue weighted by Crippen LogP contribution is 2.28. The number of rotatable bonds is 6. The molecule has 0 aromatic heterocycles. The van der Waals surface area contributed by atoms with E-state index in [9.17, 15) is 0 Å². The Kier molecular flexibility index (Phi) is 7.04. The first-order chi connectivity index (χ1) is 11.2. The van der Waals surface area contributed by atoms with Gasteiger partial charge in [0.15, 0.2) is 17.5 Å². The van der Waals surface area contributed by atoms with Crippen molar-refractivity contribution in [3.63, 3.8) is 0 Å². The summed E-state index contributed by atoms with van der Waals surface area (Å²) in [5.41, 5.74) is 7.22. The summed E-state index contributed by atoms with van der Waals surface area (Å²) in [7, 11) is 1.66. The number of nitrogens with two attached hydrogens (primary N) is 1. The molecule has 0 amide bonds. The van der Waals surface area contributed by atoms with Gasteiger partial charge in [-0.15, -0.1) is 0 Å². The zero-order valence-corrected chi connectivity index (χ0v) is 14.4. The molecule has 0 radical (unpaired) electrons. The Hall–Kier alpha value is -1.91. The van der Waals surface area contributed by atoms with Gasteiger partial charge in [0.1, 0.15) is 0 Å². The third kappa shape index (κ3) is 5.34. The lowest BCUT2D eigenvalue weighted by Gasteiger charge is -2.21. The number of aliphatic imine (C=N–C) groups is 1. The second kappa shape index (κ2) is 9.28. The van der Waals surface area contributed by atoms with Crippen molar-refractivity contribution < 1.29 is 9.47 Å². The number of hydrogen-bond donors (Lipinski definition) is 1. The van der Waals surface area contributed by atoms with Crippen molar-refractivity contribution >= 4 is 5.96 Å². The fraction of sp³-hybridized carbons (Fsp3) is 0.611. The monoisotopic (exact) mass is 319 g/mol. The van der Waals surface area contributed by atoms with Crippen molar-refractivity contribution in [2.75, 3.05) is 26.8 Å². The lowest BCUT2D eigenvalue weighted by molar-refractivity contribution is 0.294. The van der Waals surface area contributed by atoms with Crippen LogP contribution in [-0.2, 0) is 6.54 Å². The minimum absolute atomic E-state index is 0.562. The van der Waals surface area contributed by atoms with Gasteiger partial charge in [0.25, 0.3) is 0 Å². The highest BCUT2D eigenvalue weighted by molar-refractivity contribution is 5.78. The van der Waals surface area contributed by atoms with E-state index >= 15 is 0 Å². The molecule has 5 nitrogen and oxygen atoms in total. The number of hydrogen-bond acceptors (Lipinski definition) is 3. The minimum Gasteiger partial charge on any atom is -0.493 e. The Labute approximate surface area is 139 Å². The second-order valence-corrected chi connectivity index (χ2v) is 5.91. The third-order valence-corrected chi connectivity index (χ3v) is 4.04. The van der Waals surface area contributed by atoms with Crippen molar-refractivity contribution in [3.05, 3.63) is 23.8 Å². The standard InChI is InChI=1S/C18H29N3O2/c1-3-12-23-16-9-8-15(13-17(16)22-2)14-20-18(19)21-10-6-4-5-7-11-21/h8-9,13H,3-7,10-12,14H2,1-2H3,(H2,19,20). The van der Waals surface area contributed by atoms with Crippen LogP contribution >= 0.6 is 0 Å². The van der Waals surface area contributed by atoms with E-state index in [1.165, 1.54) is 25.7 Å². The molecule has 0 saturated carbocycles. The normalized spacial score (nSPS) is 16.1. The van der Waals surface area contributed by atoms with E-state index in [1.807, 2.05) is 18.2 Å². The molecule has 1 aromatic rings. The largest absolute Gasteiger partial charge is 0.493 e. The number of benzene rings is 1. The summed E-state index contributed by atoms with van der Waals surface area (Å²) >= 11 is 0. The summed E-state index contributed by atoms with van der Waals surface area (Å²) in [6.45, 7) is 5.37. The average molecular weight is 319 g/mol. The van der Waals surface area contributed by atoms with Crippen molar-refractivity contribution in [2.45, 2.75) is 45.6 Å². The van der Waals surface area contributed by atoms with Crippen LogP contribution in [0.4, 0.5) is 0 Å². The maximum atomic E-state index is 6.15. The van der Waals surface area contributed by atoms with Crippen LogP contribution in [-0.4, -0.2) is 37.7 Å². The zero-order valence-electron chi connectivity index (χ0n) is 14.4. The van der Waals surface area contributed by atoms with Gasteiger partial charge in [0.05, 0.1) is 20.3 Å². The topological polar surface area (TPSA) is 60.1 Å². The summed E-state index contributed by atoms with van der Waals surface area (Å²) in [5.74, 6) is 2.18. The molecule has 1 heterocycles. The quantitative estimate of drug-likeness (QED) is 0.646. The molecular formula is C18H29N3O2. The van der Waals surface area contributed by atoms with Gasteiger partial charge in [-0.2, -0.15) is 0 Å². The number of likely N-dealkylation sites (tertiary alicyclic amines) is 1. The van der Waals surface area contributed by atoms with E-state index in [2.05, 4.69) is 16.8 Å². The lowest BCUT2D eigenvalue weighted by Crippen LogP contribution is -2.38. The molecule has 1 saturated heterocycles. The van der Waals surface area contributed by atoms with Crippen LogP contribution in [0.2, 0.25) is 0 Å². The highest BCUT2D eigenvalue weighted by atomic mass is 16.5. The van der Waals surface area contributed by atoms with Crippen LogP contribution in [0, 0.1) is 0 Å². The van der Waals surface area contributed by atoms with Crippen LogP contribution in [0.5, 0.6) is 11.5 Å². The molecule has 5 heteroatoms. The van der Waals surface area contributed by atoms with Crippen molar-refractivity contribution in [1.29, 1.82) is 0 Å². The molecule has 2 N–H and O–H groups in total. The molecule has 0 bridgehead atoms. The van der Waals surface area contributed by atoms with Crippen LogP contribution < -0.4 is 15.2 Å². The maximum absolute atomic E-state index is 6.15. The fourth-order valence-electron chi connectivity index (χ4n) is 2.71. The smallest absolute Gasteiger partial charge is 0.191 e. The van der Waals surface area contributed by atoms with E-state index in [4.69, 9.17) is 15.2 Å². The first-order valence-electron chi connectivity index (χ1n) is 8.59. The Morgan fingerprint density at radius 1 is 1.17 bits per heavy atom. The molecule has 1 fully saturated rings. The van der Waals surface area contributed by atoms with Crippen LogP contribution in [0.15, 0.2) is 23.2 Å². The summed E-state index contributed by atoms with van der Waals surface area (Å²) in [4.78, 5) is 6.75. The minimum atomic E-state index is 0.562. The first-order valence-corrected chi connectivity index (χ1v) is 8.59. The van der Waals surface area contributed by atoms with Gasteiger partial charge in [-0.25, -0.2) is 4.99 Å². The van der Waals surface area contributed by atoms with Gasteiger partial charge in [0.2, 0.25) is 0 Å². The molecule has 1 aromatic carbocycles. The summed E-state index contributed by atoms with van der Waals surface area (Å²) in [6.07, 6.45) is 5.96. The Bertz CT molecular complexity index is 509. The average Bonchev–Trinajstić information content (AvgIpc) is 2.87. The molecule has 0 spiro atoms. The molecule has 0 atom stereocenters. The van der Waals surface area contributed by atoms with Gasteiger partial charge in [-0.05, 0) is 37.0 Å². The van der Waals surface area contributed by atoms with Crippen molar-refractivity contribution in [2.24, 2.45) is 10.7 Å². The molecule has 1 aliphatic heterocycles. The van der Waals surface area contributed by atoms with Crippen LogP contribution in [0.25, 0.3) is 0 Å². The van der Waals surface area contributed by atoms with E-state index < -0.39 is 0 Å². The van der Waals surface area contributed by atoms with E-state index in [0.717, 1.165) is 36.6 Å². The van der Waals surface area contributed by atoms with E-state index in [1.54, 1.807) is 7.11 Å². The molecule has 2 rings (SSSR count). The fourth-order valence-corrected chi connectivity index (χ4v) is 2.71. The van der Waals surface area contributed by atoms with Gasteiger partial charge in [0, 0.05) is 13.1 Å². The Morgan fingerprint density at radius 3 is 2.57 bits per heavy atom. The molecule has 1 aliphatic rings. The predicted octanol–water partition coefficient (Wildman–Crippen LogP) is 3.17.